The van der Waals surface area contributed by atoms with Crippen molar-refractivity contribution in [2.45, 2.75) is 12.5 Å². The van der Waals surface area contributed by atoms with Crippen molar-refractivity contribution in [3.05, 3.63) is 33.9 Å². The van der Waals surface area contributed by atoms with Gasteiger partial charge in [-0.2, -0.15) is 0 Å². The predicted molar refractivity (Wildman–Crippen MR) is 59.2 cm³/mol. The molecule has 0 aliphatic rings. The minimum absolute atomic E-state index is 0.310. The first kappa shape index (κ1) is 14.3. The number of nitro benzene ring substituents is 1. The van der Waals surface area contributed by atoms with Crippen molar-refractivity contribution in [1.29, 1.82) is 0 Å². The van der Waals surface area contributed by atoms with Crippen LogP contribution < -0.4 is 5.32 Å². The number of aliphatic hydroxyl groups excluding tert-OH is 1. The molecule has 0 aromatic heterocycles. The second-order valence-electron chi connectivity index (χ2n) is 4.05. The van der Waals surface area contributed by atoms with Crippen LogP contribution in [0.25, 0.3) is 0 Å². The van der Waals surface area contributed by atoms with Gasteiger partial charge in [0.25, 0.3) is 5.69 Å². The van der Waals surface area contributed by atoms with Crippen molar-refractivity contribution in [2.75, 3.05) is 18.5 Å². The van der Waals surface area contributed by atoms with Crippen LogP contribution in [-0.4, -0.2) is 33.9 Å². The third-order valence-corrected chi connectivity index (χ3v) is 2.22. The van der Waals surface area contributed by atoms with Gasteiger partial charge < -0.3 is 15.5 Å². The fraction of sp³-hybridized carbons (Fsp3) is 0.400. The number of halogens is 2. The minimum atomic E-state index is -1.55. The summed E-state index contributed by atoms with van der Waals surface area (Å²) in [5.74, 6) is -2.29. The molecule has 0 radical (unpaired) electrons. The lowest BCUT2D eigenvalue weighted by Gasteiger charge is -2.21. The molecular weight excluding hydrogens is 250 g/mol. The second-order valence-corrected chi connectivity index (χ2v) is 4.05. The lowest BCUT2D eigenvalue weighted by Crippen LogP contribution is -2.37. The first-order valence-corrected chi connectivity index (χ1v) is 4.97. The summed E-state index contributed by atoms with van der Waals surface area (Å²) in [5.41, 5.74) is -2.85. The van der Waals surface area contributed by atoms with Gasteiger partial charge in [-0.05, 0) is 6.92 Å². The van der Waals surface area contributed by atoms with E-state index in [-0.39, 0.29) is 6.54 Å². The molecule has 0 heterocycles. The SMILES string of the molecule is CC(O)(CO)CNc1c(F)cc([N+](=O)[O-])cc1F. The molecule has 6 nitrogen and oxygen atoms in total. The normalized spacial score (nSPS) is 14.1. The number of nitrogens with zero attached hydrogens (tertiary/aromatic N) is 1. The molecule has 100 valence electrons. The van der Waals surface area contributed by atoms with Crippen LogP contribution >= 0.6 is 0 Å². The third kappa shape index (κ3) is 3.34. The van der Waals surface area contributed by atoms with E-state index in [1.54, 1.807) is 0 Å². The Labute approximate surface area is 101 Å². The standard InChI is InChI=1S/C10H12F2N2O4/c1-10(16,5-15)4-13-9-7(11)2-6(14(17)18)3-8(9)12/h2-3,13,15-16H,4-5H2,1H3. The highest BCUT2D eigenvalue weighted by Gasteiger charge is 2.22. The van der Waals surface area contributed by atoms with Crippen molar-refractivity contribution < 1.29 is 23.9 Å². The van der Waals surface area contributed by atoms with Crippen LogP contribution in [0.3, 0.4) is 0 Å². The van der Waals surface area contributed by atoms with Crippen LogP contribution in [0, 0.1) is 21.7 Å². The molecule has 0 fully saturated rings. The van der Waals surface area contributed by atoms with E-state index in [1.165, 1.54) is 6.92 Å². The Bertz CT molecular complexity index is 442. The average molecular weight is 262 g/mol. The number of hydrogen-bond donors (Lipinski definition) is 3. The summed E-state index contributed by atoms with van der Waals surface area (Å²) in [6.07, 6.45) is 0. The zero-order valence-corrected chi connectivity index (χ0v) is 9.48. The highest BCUT2D eigenvalue weighted by atomic mass is 19.1. The van der Waals surface area contributed by atoms with Crippen LogP contribution in [0.1, 0.15) is 6.92 Å². The summed E-state index contributed by atoms with van der Waals surface area (Å²) in [5, 5.41) is 30.8. The lowest BCUT2D eigenvalue weighted by atomic mass is 10.1. The number of nitrogens with one attached hydrogen (secondary N) is 1. The first-order chi connectivity index (χ1) is 8.26. The molecule has 0 saturated heterocycles. The van der Waals surface area contributed by atoms with Crippen molar-refractivity contribution in [1.82, 2.24) is 0 Å². The van der Waals surface area contributed by atoms with Gasteiger partial charge in [-0.3, -0.25) is 10.1 Å². The first-order valence-electron chi connectivity index (χ1n) is 4.97. The van der Waals surface area contributed by atoms with E-state index in [1.807, 2.05) is 0 Å². The monoisotopic (exact) mass is 262 g/mol. The van der Waals surface area contributed by atoms with Crippen molar-refractivity contribution in [3.63, 3.8) is 0 Å². The summed E-state index contributed by atoms with van der Waals surface area (Å²) in [6.45, 7) is 0.354. The molecule has 8 heteroatoms. The van der Waals surface area contributed by atoms with E-state index in [0.717, 1.165) is 0 Å². The van der Waals surface area contributed by atoms with E-state index in [0.29, 0.717) is 12.1 Å². The third-order valence-electron chi connectivity index (χ3n) is 2.22. The van der Waals surface area contributed by atoms with Gasteiger partial charge in [0.15, 0.2) is 11.6 Å². The summed E-state index contributed by atoms with van der Waals surface area (Å²) in [6, 6.07) is 1.14. The highest BCUT2D eigenvalue weighted by molar-refractivity contribution is 5.51. The molecule has 1 unspecified atom stereocenters. The topological polar surface area (TPSA) is 95.6 Å². The molecule has 3 N–H and O–H groups in total. The highest BCUT2D eigenvalue weighted by Crippen LogP contribution is 2.25. The summed E-state index contributed by atoms with van der Waals surface area (Å²) in [4.78, 5) is 9.44. The quantitative estimate of drug-likeness (QED) is 0.544. The fourth-order valence-corrected chi connectivity index (χ4v) is 1.17. The van der Waals surface area contributed by atoms with E-state index in [4.69, 9.17) is 5.11 Å². The zero-order chi connectivity index (χ0) is 13.9. The minimum Gasteiger partial charge on any atom is -0.393 e. The molecule has 0 aliphatic heterocycles. The molecule has 0 aliphatic carbocycles. The van der Waals surface area contributed by atoms with Gasteiger partial charge in [-0.25, -0.2) is 8.78 Å². The number of nitro groups is 1. The Kier molecular flexibility index (Phi) is 4.15. The summed E-state index contributed by atoms with van der Waals surface area (Å²) < 4.78 is 26.8. The van der Waals surface area contributed by atoms with Crippen molar-refractivity contribution in [3.8, 4) is 0 Å². The zero-order valence-electron chi connectivity index (χ0n) is 9.48. The van der Waals surface area contributed by atoms with Crippen molar-refractivity contribution >= 4 is 11.4 Å². The van der Waals surface area contributed by atoms with Gasteiger partial charge in [-0.1, -0.05) is 0 Å². The molecule has 0 bridgehead atoms. The van der Waals surface area contributed by atoms with Crippen LogP contribution in [0.2, 0.25) is 0 Å². The number of aliphatic hydroxyl groups is 2. The van der Waals surface area contributed by atoms with Crippen molar-refractivity contribution in [2.24, 2.45) is 0 Å². The van der Waals surface area contributed by atoms with Gasteiger partial charge in [0.1, 0.15) is 11.3 Å². The van der Waals surface area contributed by atoms with Gasteiger partial charge >= 0.3 is 0 Å². The smallest absolute Gasteiger partial charge is 0.275 e. The number of benzene rings is 1. The Balaban J connectivity index is 2.94. The van der Waals surface area contributed by atoms with E-state index >= 15 is 0 Å². The number of anilines is 1. The largest absolute Gasteiger partial charge is 0.393 e. The van der Waals surface area contributed by atoms with E-state index in [2.05, 4.69) is 5.32 Å². The summed E-state index contributed by atoms with van der Waals surface area (Å²) in [7, 11) is 0. The molecule has 0 amide bonds. The molecular formula is C10H12F2N2O4. The Morgan fingerprint density at radius 1 is 1.44 bits per heavy atom. The molecule has 1 rings (SSSR count). The van der Waals surface area contributed by atoms with Crippen LogP contribution in [0.4, 0.5) is 20.2 Å². The summed E-state index contributed by atoms with van der Waals surface area (Å²) >= 11 is 0. The lowest BCUT2D eigenvalue weighted by molar-refractivity contribution is -0.385. The maximum absolute atomic E-state index is 13.4. The molecule has 0 spiro atoms. The van der Waals surface area contributed by atoms with E-state index < -0.39 is 40.1 Å². The van der Waals surface area contributed by atoms with E-state index in [9.17, 15) is 24.0 Å². The van der Waals surface area contributed by atoms with Gasteiger partial charge in [0.05, 0.1) is 23.7 Å². The molecule has 1 atom stereocenters. The Hall–Kier alpha value is -1.80. The molecule has 1 aromatic rings. The fourth-order valence-electron chi connectivity index (χ4n) is 1.17. The second kappa shape index (κ2) is 5.23. The number of hydrogen-bond acceptors (Lipinski definition) is 5. The maximum atomic E-state index is 13.4. The molecule has 18 heavy (non-hydrogen) atoms. The van der Waals surface area contributed by atoms with Gasteiger partial charge in [0, 0.05) is 6.54 Å². The van der Waals surface area contributed by atoms with Crippen LogP contribution in [0.5, 0.6) is 0 Å². The average Bonchev–Trinajstić information content (AvgIpc) is 2.27. The van der Waals surface area contributed by atoms with Gasteiger partial charge in [0.2, 0.25) is 0 Å². The number of rotatable bonds is 5. The Morgan fingerprint density at radius 3 is 2.33 bits per heavy atom. The number of non-ortho nitro benzene ring substituents is 1. The van der Waals surface area contributed by atoms with Crippen LogP contribution in [0.15, 0.2) is 12.1 Å². The maximum Gasteiger partial charge on any atom is 0.275 e. The predicted octanol–water partition coefficient (Wildman–Crippen LogP) is 1.03. The Morgan fingerprint density at radius 2 is 1.94 bits per heavy atom. The molecule has 1 aromatic carbocycles. The van der Waals surface area contributed by atoms with Gasteiger partial charge in [-0.15, -0.1) is 0 Å². The van der Waals surface area contributed by atoms with Crippen LogP contribution in [-0.2, 0) is 0 Å². The molecule has 0 saturated carbocycles.